The number of carboxylic acids is 1. The molecule has 20 nitrogen and oxygen atoms in total. The summed E-state index contributed by atoms with van der Waals surface area (Å²) in [5, 5.41) is 71.7. The smallest absolute Gasteiger partial charge is 0.326 e. The average Bonchev–Trinajstić information content (AvgIpc) is 3.22. The highest BCUT2D eigenvalue weighted by molar-refractivity contribution is 5.96. The van der Waals surface area contributed by atoms with Gasteiger partial charge in [-0.3, -0.25) is 28.8 Å². The number of aromatic hydroxyl groups is 2. The van der Waals surface area contributed by atoms with Gasteiger partial charge in [-0.2, -0.15) is 5.23 Å². The molecule has 6 atom stereocenters. The van der Waals surface area contributed by atoms with E-state index in [1.165, 1.54) is 71.8 Å². The first-order valence-corrected chi connectivity index (χ1v) is 20.8. The quantitative estimate of drug-likeness (QED) is 0.0498. The van der Waals surface area contributed by atoms with E-state index >= 15 is 0 Å². The van der Waals surface area contributed by atoms with E-state index in [-0.39, 0.29) is 34.6 Å². The van der Waals surface area contributed by atoms with Crippen LogP contribution in [0.25, 0.3) is 11.1 Å². The minimum Gasteiger partial charge on any atom is -0.595 e. The molecule has 6 amide bonds. The largest absolute Gasteiger partial charge is 0.595 e. The van der Waals surface area contributed by atoms with Crippen LogP contribution in [0.1, 0.15) is 102 Å². The lowest BCUT2D eigenvalue weighted by molar-refractivity contribution is -0.991. The lowest BCUT2D eigenvalue weighted by atomic mass is 9.93. The van der Waals surface area contributed by atoms with Crippen molar-refractivity contribution in [2.75, 3.05) is 27.2 Å². The number of amides is 6. The number of aliphatic carboxylic acids is 1. The SMILES string of the molecule is CCCCCCCCCCCC(=O)N(C)[C@H](CO)C(=O)N[C@H](C)C(=O)NCC(=O)N(C)C1C(=O)N[C@@H](C)C(=O)NC(C(=O)O)Cc2cc(c(O)c([NH+]([O-])O)c2)-c2cc1ccc2O. The van der Waals surface area contributed by atoms with E-state index in [0.29, 0.717) is 6.42 Å². The molecule has 0 aromatic heterocycles. The molecule has 2 aromatic rings. The second-order valence-corrected chi connectivity index (χ2v) is 15.6. The van der Waals surface area contributed by atoms with Crippen LogP contribution in [0.15, 0.2) is 30.3 Å². The Kier molecular flexibility index (Phi) is 19.5. The number of rotatable bonds is 20. The van der Waals surface area contributed by atoms with E-state index in [1.807, 2.05) is 0 Å². The minimum absolute atomic E-state index is 0.0133. The zero-order valence-electron chi connectivity index (χ0n) is 35.9. The molecule has 0 radical (unpaired) electrons. The Balaban J connectivity index is 1.77. The highest BCUT2D eigenvalue weighted by atomic mass is 16.8. The van der Waals surface area contributed by atoms with Crippen molar-refractivity contribution in [3.05, 3.63) is 46.7 Å². The first-order chi connectivity index (χ1) is 29.3. The Hall–Kier alpha value is -5.83. The van der Waals surface area contributed by atoms with Gasteiger partial charge in [0.2, 0.25) is 41.1 Å². The van der Waals surface area contributed by atoms with Crippen molar-refractivity contribution in [1.29, 1.82) is 0 Å². The van der Waals surface area contributed by atoms with Crippen molar-refractivity contribution < 1.29 is 64.4 Å². The number of unbranched alkanes of at least 4 members (excludes halogenated alkanes) is 8. The normalized spacial score (nSPS) is 17.9. The number of carboxylic acid groups (broad SMARTS) is 1. The van der Waals surface area contributed by atoms with Crippen molar-refractivity contribution in [3.8, 4) is 22.6 Å². The molecule has 10 N–H and O–H groups in total. The van der Waals surface area contributed by atoms with Gasteiger partial charge in [-0.25, -0.2) is 10.0 Å². The molecule has 0 saturated heterocycles. The Labute approximate surface area is 360 Å². The number of quaternary nitrogens is 1. The van der Waals surface area contributed by atoms with Crippen LogP contribution in [0.3, 0.4) is 0 Å². The van der Waals surface area contributed by atoms with Gasteiger partial charge in [-0.05, 0) is 49.6 Å². The summed E-state index contributed by atoms with van der Waals surface area (Å²) in [6, 6.07) is -1.24. The van der Waals surface area contributed by atoms with E-state index in [9.17, 15) is 64.4 Å². The fourth-order valence-electron chi connectivity index (χ4n) is 7.04. The maximum Gasteiger partial charge on any atom is 0.326 e. The highest BCUT2D eigenvalue weighted by Crippen LogP contribution is 2.41. The molecule has 3 unspecified atom stereocenters. The number of aliphatic hydroxyl groups is 1. The van der Waals surface area contributed by atoms with Crippen LogP contribution in [0.5, 0.6) is 11.5 Å². The van der Waals surface area contributed by atoms with E-state index in [0.717, 1.165) is 47.6 Å². The number of benzene rings is 2. The molecule has 0 spiro atoms. The Morgan fingerprint density at radius 1 is 0.887 bits per heavy atom. The van der Waals surface area contributed by atoms with Gasteiger partial charge < -0.3 is 56.7 Å². The van der Waals surface area contributed by atoms with Crippen molar-refractivity contribution >= 4 is 47.1 Å². The second-order valence-electron chi connectivity index (χ2n) is 15.6. The fraction of sp³-hybridized carbons (Fsp3) is 0.548. The van der Waals surface area contributed by atoms with Gasteiger partial charge in [-0.1, -0.05) is 64.4 Å². The number of carbonyl (C=O) groups is 7. The van der Waals surface area contributed by atoms with Crippen LogP contribution >= 0.6 is 0 Å². The number of hydrogen-bond donors (Lipinski definition) is 10. The first kappa shape index (κ1) is 50.5. The number of phenols is 2. The third-order valence-electron chi connectivity index (χ3n) is 10.9. The van der Waals surface area contributed by atoms with Crippen molar-refractivity contribution in [2.24, 2.45) is 0 Å². The van der Waals surface area contributed by atoms with Gasteiger partial charge in [0.1, 0.15) is 36.0 Å². The van der Waals surface area contributed by atoms with Gasteiger partial charge in [0.05, 0.1) is 13.2 Å². The summed E-state index contributed by atoms with van der Waals surface area (Å²) in [5.41, 5.74) is -1.01. The Morgan fingerprint density at radius 2 is 1.52 bits per heavy atom. The molecule has 1 aliphatic rings. The molecule has 3 rings (SSSR count). The summed E-state index contributed by atoms with van der Waals surface area (Å²) < 4.78 is 0. The van der Waals surface area contributed by atoms with Crippen LogP contribution in [0, 0.1) is 5.21 Å². The number of likely N-dealkylation sites (N-methyl/N-ethyl adjacent to an activating group) is 2. The number of phenolic OH excluding ortho intramolecular Hbond substituents is 2. The van der Waals surface area contributed by atoms with E-state index in [2.05, 4.69) is 28.2 Å². The molecule has 0 aliphatic carbocycles. The first-order valence-electron chi connectivity index (χ1n) is 20.8. The highest BCUT2D eigenvalue weighted by Gasteiger charge is 2.34. The van der Waals surface area contributed by atoms with Crippen LogP contribution in [0.2, 0.25) is 0 Å². The Bertz CT molecular complexity index is 1930. The summed E-state index contributed by atoms with van der Waals surface area (Å²) in [4.78, 5) is 93.9. The number of carbonyl (C=O) groups excluding carboxylic acids is 6. The molecule has 4 bridgehead atoms. The molecule has 342 valence electrons. The van der Waals surface area contributed by atoms with Crippen molar-refractivity contribution in [2.45, 2.75) is 122 Å². The molecule has 20 heteroatoms. The maximum atomic E-state index is 13.9. The van der Waals surface area contributed by atoms with Crippen LogP contribution in [0.4, 0.5) is 5.69 Å². The van der Waals surface area contributed by atoms with E-state index in [4.69, 9.17) is 0 Å². The molecular weight excluding hydrogens is 810 g/mol. The maximum absolute atomic E-state index is 13.9. The molecule has 0 fully saturated rings. The molecular formula is C42H61N7O13. The monoisotopic (exact) mass is 871 g/mol. The number of hydrogen-bond acceptors (Lipinski definition) is 12. The zero-order chi connectivity index (χ0) is 46.3. The molecule has 1 aliphatic heterocycles. The molecule has 0 saturated carbocycles. The van der Waals surface area contributed by atoms with Crippen LogP contribution in [-0.4, -0.2) is 128 Å². The Morgan fingerprint density at radius 3 is 2.11 bits per heavy atom. The second kappa shape index (κ2) is 24.0. The van der Waals surface area contributed by atoms with Crippen molar-refractivity contribution in [1.82, 2.24) is 31.1 Å². The molecule has 62 heavy (non-hydrogen) atoms. The predicted octanol–water partition coefficient (Wildman–Crippen LogP) is 0.659. The molecule has 1 heterocycles. The third-order valence-corrected chi connectivity index (χ3v) is 10.9. The fourth-order valence-corrected chi connectivity index (χ4v) is 7.04. The summed E-state index contributed by atoms with van der Waals surface area (Å²) in [6.45, 7) is 3.33. The lowest BCUT2D eigenvalue weighted by Gasteiger charge is -2.30. The summed E-state index contributed by atoms with van der Waals surface area (Å²) >= 11 is 0. The van der Waals surface area contributed by atoms with E-state index in [1.54, 1.807) is 0 Å². The summed E-state index contributed by atoms with van der Waals surface area (Å²) in [5.74, 6) is -7.48. The summed E-state index contributed by atoms with van der Waals surface area (Å²) in [6.07, 6.45) is 9.28. The number of nitrogens with one attached hydrogen (secondary N) is 5. The summed E-state index contributed by atoms with van der Waals surface area (Å²) in [7, 11) is 2.60. The average molecular weight is 872 g/mol. The van der Waals surface area contributed by atoms with E-state index < -0.39 is 108 Å². The van der Waals surface area contributed by atoms with Crippen LogP contribution < -0.4 is 26.5 Å². The van der Waals surface area contributed by atoms with Gasteiger partial charge in [0.25, 0.3) is 0 Å². The number of aliphatic hydroxyl groups excluding tert-OH is 1. The van der Waals surface area contributed by atoms with Crippen LogP contribution in [-0.2, 0) is 40.0 Å². The van der Waals surface area contributed by atoms with Gasteiger partial charge in [0, 0.05) is 44.1 Å². The van der Waals surface area contributed by atoms with Gasteiger partial charge >= 0.3 is 5.97 Å². The van der Waals surface area contributed by atoms with Gasteiger partial charge in [-0.15, -0.1) is 0 Å². The molecule has 2 aromatic carbocycles. The van der Waals surface area contributed by atoms with Crippen molar-refractivity contribution in [3.63, 3.8) is 0 Å². The number of fused-ring (bicyclic) bond motifs is 5. The minimum atomic E-state index is -1.62. The zero-order valence-corrected chi connectivity index (χ0v) is 35.9. The third kappa shape index (κ3) is 13.8. The topological polar surface area (TPSA) is 303 Å². The number of nitrogens with zero attached hydrogens (tertiary/aromatic N) is 2. The lowest BCUT2D eigenvalue weighted by Crippen LogP contribution is -2.99. The van der Waals surface area contributed by atoms with Gasteiger partial charge in [0.15, 0.2) is 5.75 Å². The predicted molar refractivity (Wildman–Crippen MR) is 223 cm³/mol. The standard InChI is InChI=1S/C42H61N7O13/c1-6-7-8-9-10-11-12-13-14-15-34(52)47(4)32(23-50)40(57)44-24(2)38(55)43-22-35(53)48(5)36-27-16-17-33(51)28(21-27)29-18-26(20-31(37(29)54)49(61)62)19-30(42(59)60)46-39(56)25(3)45-41(36)58/h16-18,20-21,24-25,30,32,36,49-51,54,61H,6-15,19,22-23H2,1-5H3,(H,43,55)(H,44,57)(H,45,58)(H,46,56)(H,59,60)/t24-,25+,30?,32-,36?/m1/s1.